The van der Waals surface area contributed by atoms with Gasteiger partial charge in [0.1, 0.15) is 24.1 Å². The van der Waals surface area contributed by atoms with Crippen molar-refractivity contribution in [1.29, 1.82) is 0 Å². The minimum Gasteiger partial charge on any atom is -0.510 e. The Balaban J connectivity index is 5.03. The van der Waals surface area contributed by atoms with Gasteiger partial charge in [-0.1, -0.05) is 0 Å². The van der Waals surface area contributed by atoms with Crippen LogP contribution in [0.15, 0.2) is 22.7 Å². The average molecular weight is 260 g/mol. The van der Waals surface area contributed by atoms with Gasteiger partial charge in [0.2, 0.25) is 5.78 Å². The average Bonchev–Trinajstić information content (AvgIpc) is 2.32. The predicted molar refractivity (Wildman–Crippen MR) is 65.0 cm³/mol. The molecule has 18 heavy (non-hydrogen) atoms. The molecule has 0 rings (SSSR count). The van der Waals surface area contributed by atoms with Crippen molar-refractivity contribution >= 4 is 5.78 Å². The van der Waals surface area contributed by atoms with Gasteiger partial charge in [0, 0.05) is 0 Å². The maximum absolute atomic E-state index is 11.5. The summed E-state index contributed by atoms with van der Waals surface area (Å²) in [5.41, 5.74) is 0.611. The normalized spacial score (nSPS) is 15.5. The highest BCUT2D eigenvalue weighted by atomic mass is 16.4. The monoisotopic (exact) mass is 260 g/mol. The third-order valence-electron chi connectivity index (χ3n) is 2.42. The fourth-order valence-electron chi connectivity index (χ4n) is 1.17. The van der Waals surface area contributed by atoms with E-state index in [0.717, 1.165) is 0 Å². The van der Waals surface area contributed by atoms with E-state index in [9.17, 15) is 30.3 Å². The summed E-state index contributed by atoms with van der Waals surface area (Å²) in [6.07, 6.45) is -5.73. The van der Waals surface area contributed by atoms with Gasteiger partial charge in [0.05, 0.1) is 0 Å². The van der Waals surface area contributed by atoms with Crippen LogP contribution < -0.4 is 0 Å². The molecule has 3 atom stereocenters. The molecule has 6 heteroatoms. The van der Waals surface area contributed by atoms with Crippen LogP contribution in [0, 0.1) is 0 Å². The SMILES string of the molecule is CC(C)=C(O)C(=O)[C@@H](O)[C@H](O)[C@@H](O)C(O)=C(C)C. The lowest BCUT2D eigenvalue weighted by atomic mass is 9.99. The van der Waals surface area contributed by atoms with Gasteiger partial charge in [-0.3, -0.25) is 4.79 Å². The third kappa shape index (κ3) is 3.83. The molecule has 0 aromatic rings. The van der Waals surface area contributed by atoms with Crippen LogP contribution in [0.4, 0.5) is 0 Å². The third-order valence-corrected chi connectivity index (χ3v) is 2.42. The molecule has 0 saturated carbocycles. The first-order valence-electron chi connectivity index (χ1n) is 5.42. The minimum absolute atomic E-state index is 0.271. The lowest BCUT2D eigenvalue weighted by Gasteiger charge is -2.22. The van der Waals surface area contributed by atoms with Gasteiger partial charge >= 0.3 is 0 Å². The summed E-state index contributed by atoms with van der Waals surface area (Å²) in [6.45, 7) is 5.90. The first-order valence-corrected chi connectivity index (χ1v) is 5.42. The molecule has 0 aromatic heterocycles. The molecule has 0 spiro atoms. The number of carbonyl (C=O) groups is 1. The summed E-state index contributed by atoms with van der Waals surface area (Å²) < 4.78 is 0. The number of Topliss-reactive ketones (excluding diaryl/α,β-unsaturated/α-hetero) is 1. The van der Waals surface area contributed by atoms with Gasteiger partial charge in [-0.2, -0.15) is 0 Å². The molecule has 0 radical (unpaired) electrons. The Labute approximate surface area is 106 Å². The fraction of sp³-hybridized carbons (Fsp3) is 0.583. The standard InChI is InChI=1S/C12H20O6/c1-5(2)7(13)9(15)11(17)12(18)10(16)8(14)6(3)4/h9,11-15,17-18H,1-4H3/t9-,11+,12+/m0/s1. The van der Waals surface area contributed by atoms with E-state index in [2.05, 4.69) is 0 Å². The second kappa shape index (κ2) is 6.53. The quantitative estimate of drug-likeness (QED) is 0.359. The zero-order chi connectivity index (χ0) is 14.6. The van der Waals surface area contributed by atoms with Crippen molar-refractivity contribution in [2.75, 3.05) is 0 Å². The molecule has 0 bridgehead atoms. The molecular formula is C12H20O6. The van der Waals surface area contributed by atoms with Crippen LogP contribution in [0.25, 0.3) is 0 Å². The highest BCUT2D eigenvalue weighted by Crippen LogP contribution is 2.14. The Morgan fingerprint density at radius 3 is 1.61 bits per heavy atom. The van der Waals surface area contributed by atoms with Crippen LogP contribution in [-0.2, 0) is 4.79 Å². The molecule has 0 saturated heterocycles. The smallest absolute Gasteiger partial charge is 0.228 e. The molecule has 0 fully saturated rings. The number of hydrogen-bond acceptors (Lipinski definition) is 6. The van der Waals surface area contributed by atoms with Crippen molar-refractivity contribution in [3.05, 3.63) is 22.7 Å². The number of aliphatic hydroxyl groups excluding tert-OH is 5. The fourth-order valence-corrected chi connectivity index (χ4v) is 1.17. The maximum atomic E-state index is 11.5. The number of rotatable bonds is 5. The summed E-state index contributed by atoms with van der Waals surface area (Å²) in [7, 11) is 0. The van der Waals surface area contributed by atoms with Crippen LogP contribution in [0.5, 0.6) is 0 Å². The molecule has 6 nitrogen and oxygen atoms in total. The van der Waals surface area contributed by atoms with Gasteiger partial charge in [-0.25, -0.2) is 0 Å². The van der Waals surface area contributed by atoms with E-state index in [1.165, 1.54) is 27.7 Å². The summed E-state index contributed by atoms with van der Waals surface area (Å²) in [6, 6.07) is 0. The van der Waals surface area contributed by atoms with Crippen molar-refractivity contribution in [2.24, 2.45) is 0 Å². The molecule has 0 aromatic carbocycles. The zero-order valence-corrected chi connectivity index (χ0v) is 10.9. The highest BCUT2D eigenvalue weighted by molar-refractivity contribution is 5.97. The Morgan fingerprint density at radius 1 is 0.833 bits per heavy atom. The maximum Gasteiger partial charge on any atom is 0.228 e. The second-order valence-corrected chi connectivity index (χ2v) is 4.48. The molecule has 0 unspecified atom stereocenters. The van der Waals surface area contributed by atoms with Gasteiger partial charge in [-0.15, -0.1) is 0 Å². The van der Waals surface area contributed by atoms with Gasteiger partial charge in [0.15, 0.2) is 5.76 Å². The number of aliphatic hydroxyl groups is 5. The lowest BCUT2D eigenvalue weighted by molar-refractivity contribution is -0.136. The predicted octanol–water partition coefficient (Wildman–Crippen LogP) is 0.342. The topological polar surface area (TPSA) is 118 Å². The van der Waals surface area contributed by atoms with Crippen LogP contribution in [0.3, 0.4) is 0 Å². The minimum atomic E-state index is -2.02. The highest BCUT2D eigenvalue weighted by Gasteiger charge is 2.34. The summed E-state index contributed by atoms with van der Waals surface area (Å²) in [4.78, 5) is 11.5. The summed E-state index contributed by atoms with van der Waals surface area (Å²) >= 11 is 0. The molecular weight excluding hydrogens is 240 g/mol. The van der Waals surface area contributed by atoms with Gasteiger partial charge in [-0.05, 0) is 38.8 Å². The van der Waals surface area contributed by atoms with Crippen molar-refractivity contribution < 1.29 is 30.3 Å². The van der Waals surface area contributed by atoms with E-state index < -0.39 is 35.6 Å². The molecule has 0 aliphatic heterocycles. The number of carbonyl (C=O) groups excluding carboxylic acids is 1. The van der Waals surface area contributed by atoms with E-state index in [1.54, 1.807) is 0 Å². The molecule has 104 valence electrons. The first-order chi connectivity index (χ1) is 8.11. The van der Waals surface area contributed by atoms with Crippen LogP contribution in [-0.4, -0.2) is 49.6 Å². The molecule has 0 amide bonds. The largest absolute Gasteiger partial charge is 0.510 e. The van der Waals surface area contributed by atoms with Gasteiger partial charge < -0.3 is 25.5 Å². The Morgan fingerprint density at radius 2 is 1.28 bits per heavy atom. The van der Waals surface area contributed by atoms with Gasteiger partial charge in [0.25, 0.3) is 0 Å². The van der Waals surface area contributed by atoms with Crippen molar-refractivity contribution in [3.8, 4) is 0 Å². The zero-order valence-electron chi connectivity index (χ0n) is 10.9. The van der Waals surface area contributed by atoms with Crippen molar-refractivity contribution in [1.82, 2.24) is 0 Å². The molecule has 0 aliphatic carbocycles. The van der Waals surface area contributed by atoms with Crippen molar-refractivity contribution in [2.45, 2.75) is 46.0 Å². The molecule has 0 aliphatic rings. The van der Waals surface area contributed by atoms with Crippen LogP contribution >= 0.6 is 0 Å². The van der Waals surface area contributed by atoms with E-state index in [0.29, 0.717) is 5.57 Å². The molecule has 5 N–H and O–H groups in total. The second-order valence-electron chi connectivity index (χ2n) is 4.48. The number of ketones is 1. The van der Waals surface area contributed by atoms with E-state index >= 15 is 0 Å². The summed E-state index contributed by atoms with van der Waals surface area (Å²) in [5.74, 6) is -2.31. The number of hydrogen-bond donors (Lipinski definition) is 5. The number of allylic oxidation sites excluding steroid dienone is 2. The summed E-state index contributed by atoms with van der Waals surface area (Å²) in [5, 5.41) is 47.4. The Hall–Kier alpha value is -1.37. The lowest BCUT2D eigenvalue weighted by Crippen LogP contribution is -2.44. The Bertz CT molecular complexity index is 374. The molecule has 0 heterocycles. The van der Waals surface area contributed by atoms with Crippen LogP contribution in [0.2, 0.25) is 0 Å². The first kappa shape index (κ1) is 16.6. The van der Waals surface area contributed by atoms with Crippen LogP contribution in [0.1, 0.15) is 27.7 Å². The van der Waals surface area contributed by atoms with E-state index in [-0.39, 0.29) is 5.57 Å². The van der Waals surface area contributed by atoms with Crippen molar-refractivity contribution in [3.63, 3.8) is 0 Å². The van der Waals surface area contributed by atoms with E-state index in [4.69, 9.17) is 0 Å². The van der Waals surface area contributed by atoms with E-state index in [1.807, 2.05) is 0 Å². The Kier molecular flexibility index (Phi) is 6.04.